The number of hydrogen-bond acceptors (Lipinski definition) is 5. The number of likely N-dealkylation sites (N-methyl/N-ethyl adjacent to an activating group) is 1. The van der Waals surface area contributed by atoms with Crippen LogP contribution in [-0.2, 0) is 16.1 Å². The Morgan fingerprint density at radius 1 is 1.45 bits per heavy atom. The van der Waals surface area contributed by atoms with Crippen LogP contribution < -0.4 is 5.56 Å². The number of nitrogens with zero attached hydrogens (tertiary/aromatic N) is 3. The highest BCUT2D eigenvalue weighted by Crippen LogP contribution is 2.03. The van der Waals surface area contributed by atoms with Gasteiger partial charge in [-0.1, -0.05) is 13.0 Å². The second-order valence-corrected chi connectivity index (χ2v) is 4.39. The molecule has 6 heteroatoms. The minimum Gasteiger partial charge on any atom is -0.468 e. The fraction of sp³-hybridized carbons (Fsp3) is 0.357. The molecule has 0 N–H and O–H groups in total. The smallest absolute Gasteiger partial charge is 0.319 e. The summed E-state index contributed by atoms with van der Waals surface area (Å²) >= 11 is 0. The molecule has 6 nitrogen and oxygen atoms in total. The van der Waals surface area contributed by atoms with E-state index in [0.29, 0.717) is 24.4 Å². The highest BCUT2D eigenvalue weighted by atomic mass is 16.5. The lowest BCUT2D eigenvalue weighted by atomic mass is 10.3. The van der Waals surface area contributed by atoms with Gasteiger partial charge in [-0.2, -0.15) is 0 Å². The fourth-order valence-corrected chi connectivity index (χ4v) is 1.94. The summed E-state index contributed by atoms with van der Waals surface area (Å²) in [4.78, 5) is 29.6. The molecule has 0 aliphatic rings. The number of carbonyl (C=O) groups excluding carboxylic acids is 1. The molecular weight excluding hydrogens is 258 g/mol. The van der Waals surface area contributed by atoms with E-state index < -0.39 is 0 Å². The molecule has 0 aliphatic heterocycles. The molecule has 0 aliphatic carbocycles. The molecule has 2 aromatic rings. The second-order valence-electron chi connectivity index (χ2n) is 4.39. The molecule has 0 saturated heterocycles. The van der Waals surface area contributed by atoms with E-state index in [1.807, 2.05) is 17.9 Å². The number of carbonyl (C=O) groups is 1. The van der Waals surface area contributed by atoms with Gasteiger partial charge in [0, 0.05) is 18.8 Å². The van der Waals surface area contributed by atoms with Crippen LogP contribution in [0.3, 0.4) is 0 Å². The maximum Gasteiger partial charge on any atom is 0.319 e. The molecule has 0 saturated carbocycles. The Morgan fingerprint density at radius 2 is 2.25 bits per heavy atom. The van der Waals surface area contributed by atoms with E-state index in [9.17, 15) is 9.59 Å². The van der Waals surface area contributed by atoms with Crippen LogP contribution in [0.25, 0.3) is 5.65 Å². The van der Waals surface area contributed by atoms with Crippen LogP contribution in [0.15, 0.2) is 35.3 Å². The lowest BCUT2D eigenvalue weighted by Gasteiger charge is -2.18. The minimum absolute atomic E-state index is 0.125. The lowest BCUT2D eigenvalue weighted by Crippen LogP contribution is -2.31. The van der Waals surface area contributed by atoms with Crippen molar-refractivity contribution in [2.75, 3.05) is 20.2 Å². The number of esters is 1. The van der Waals surface area contributed by atoms with E-state index in [2.05, 4.69) is 9.72 Å². The van der Waals surface area contributed by atoms with Crippen LogP contribution in [-0.4, -0.2) is 40.5 Å². The first-order valence-electron chi connectivity index (χ1n) is 6.40. The Labute approximate surface area is 116 Å². The van der Waals surface area contributed by atoms with Gasteiger partial charge < -0.3 is 4.74 Å². The summed E-state index contributed by atoms with van der Waals surface area (Å²) in [6.45, 7) is 3.23. The van der Waals surface area contributed by atoms with E-state index in [1.54, 1.807) is 18.3 Å². The SMILES string of the molecule is CCN(CC(=O)OC)Cc1cc(=O)n2ccccc2n1. The first-order valence-corrected chi connectivity index (χ1v) is 6.40. The number of hydrogen-bond donors (Lipinski definition) is 0. The van der Waals surface area contributed by atoms with Crippen molar-refractivity contribution in [1.82, 2.24) is 14.3 Å². The van der Waals surface area contributed by atoms with E-state index in [1.165, 1.54) is 17.6 Å². The maximum atomic E-state index is 12.0. The standard InChI is InChI=1S/C14H17N3O3/c1-3-16(10-14(19)20-2)9-11-8-13(18)17-7-5-4-6-12(17)15-11/h4-8H,3,9-10H2,1-2H3. The summed E-state index contributed by atoms with van der Waals surface area (Å²) in [6, 6.07) is 6.89. The Morgan fingerprint density at radius 3 is 2.95 bits per heavy atom. The van der Waals surface area contributed by atoms with Crippen LogP contribution in [0, 0.1) is 0 Å². The van der Waals surface area contributed by atoms with Crippen molar-refractivity contribution in [3.8, 4) is 0 Å². The number of ether oxygens (including phenoxy) is 1. The van der Waals surface area contributed by atoms with Crippen LogP contribution in [0.2, 0.25) is 0 Å². The van der Waals surface area contributed by atoms with Crippen molar-refractivity contribution in [1.29, 1.82) is 0 Å². The van der Waals surface area contributed by atoms with Gasteiger partial charge in [0.1, 0.15) is 5.65 Å². The maximum absolute atomic E-state index is 12.0. The number of pyridine rings is 1. The zero-order valence-corrected chi connectivity index (χ0v) is 11.6. The van der Waals surface area contributed by atoms with Crippen molar-refractivity contribution in [2.24, 2.45) is 0 Å². The van der Waals surface area contributed by atoms with Gasteiger partial charge in [0.2, 0.25) is 0 Å². The van der Waals surface area contributed by atoms with Gasteiger partial charge in [0.05, 0.1) is 19.3 Å². The van der Waals surface area contributed by atoms with Gasteiger partial charge in [-0.3, -0.25) is 18.9 Å². The molecule has 2 heterocycles. The molecule has 20 heavy (non-hydrogen) atoms. The van der Waals surface area contributed by atoms with Crippen molar-refractivity contribution in [3.05, 3.63) is 46.5 Å². The van der Waals surface area contributed by atoms with Gasteiger partial charge in [-0.15, -0.1) is 0 Å². The van der Waals surface area contributed by atoms with Crippen molar-refractivity contribution in [3.63, 3.8) is 0 Å². The second kappa shape index (κ2) is 6.29. The summed E-state index contributed by atoms with van der Waals surface area (Å²) in [6.07, 6.45) is 1.68. The van der Waals surface area contributed by atoms with E-state index >= 15 is 0 Å². The highest BCUT2D eigenvalue weighted by Gasteiger charge is 2.11. The normalized spacial score (nSPS) is 10.9. The van der Waals surface area contributed by atoms with Gasteiger partial charge in [0.15, 0.2) is 0 Å². The average molecular weight is 275 g/mol. The van der Waals surface area contributed by atoms with Crippen molar-refractivity contribution >= 4 is 11.6 Å². The Balaban J connectivity index is 2.24. The zero-order valence-electron chi connectivity index (χ0n) is 11.6. The van der Waals surface area contributed by atoms with Crippen molar-refractivity contribution in [2.45, 2.75) is 13.5 Å². The van der Waals surface area contributed by atoms with Gasteiger partial charge in [-0.25, -0.2) is 4.98 Å². The minimum atomic E-state index is -0.302. The molecule has 0 radical (unpaired) electrons. The predicted molar refractivity (Wildman–Crippen MR) is 74.4 cm³/mol. The fourth-order valence-electron chi connectivity index (χ4n) is 1.94. The Kier molecular flexibility index (Phi) is 4.47. The topological polar surface area (TPSA) is 63.9 Å². The molecule has 2 rings (SSSR count). The number of methoxy groups -OCH3 is 1. The molecule has 0 unspecified atom stereocenters. The largest absolute Gasteiger partial charge is 0.468 e. The Bertz CT molecular complexity index is 666. The first-order chi connectivity index (χ1) is 9.63. The molecule has 0 atom stereocenters. The first kappa shape index (κ1) is 14.2. The van der Waals surface area contributed by atoms with Gasteiger partial charge in [0.25, 0.3) is 5.56 Å². The lowest BCUT2D eigenvalue weighted by molar-refractivity contribution is -0.142. The number of aromatic nitrogens is 2. The molecule has 106 valence electrons. The molecular formula is C14H17N3O3. The van der Waals surface area contributed by atoms with E-state index in [0.717, 1.165) is 0 Å². The van der Waals surface area contributed by atoms with Crippen LogP contribution >= 0.6 is 0 Å². The molecule has 2 aromatic heterocycles. The molecule has 0 fully saturated rings. The third-order valence-corrected chi connectivity index (χ3v) is 3.04. The quantitative estimate of drug-likeness (QED) is 0.751. The summed E-state index contributed by atoms with van der Waals surface area (Å²) in [5.41, 5.74) is 1.12. The van der Waals surface area contributed by atoms with Crippen LogP contribution in [0.1, 0.15) is 12.6 Å². The molecule has 0 bridgehead atoms. The summed E-state index contributed by atoms with van der Waals surface area (Å²) in [5, 5.41) is 0. The van der Waals surface area contributed by atoms with Crippen LogP contribution in [0.5, 0.6) is 0 Å². The average Bonchev–Trinajstić information content (AvgIpc) is 2.46. The zero-order chi connectivity index (χ0) is 14.5. The summed E-state index contributed by atoms with van der Waals surface area (Å²) in [5.74, 6) is -0.302. The highest BCUT2D eigenvalue weighted by molar-refractivity contribution is 5.71. The molecule has 0 aromatic carbocycles. The number of fused-ring (bicyclic) bond motifs is 1. The van der Waals surface area contributed by atoms with E-state index in [4.69, 9.17) is 0 Å². The van der Waals surface area contributed by atoms with E-state index in [-0.39, 0.29) is 18.1 Å². The third-order valence-electron chi connectivity index (χ3n) is 3.04. The van der Waals surface area contributed by atoms with Crippen molar-refractivity contribution < 1.29 is 9.53 Å². The van der Waals surface area contributed by atoms with Gasteiger partial charge in [-0.05, 0) is 18.7 Å². The summed E-state index contributed by atoms with van der Waals surface area (Å²) in [7, 11) is 1.36. The summed E-state index contributed by atoms with van der Waals surface area (Å²) < 4.78 is 6.13. The number of rotatable bonds is 5. The molecule has 0 amide bonds. The molecule has 0 spiro atoms. The predicted octanol–water partition coefficient (Wildman–Crippen LogP) is 0.689. The Hall–Kier alpha value is -2.21. The van der Waals surface area contributed by atoms with Gasteiger partial charge >= 0.3 is 5.97 Å². The van der Waals surface area contributed by atoms with Crippen LogP contribution in [0.4, 0.5) is 0 Å². The monoisotopic (exact) mass is 275 g/mol. The third kappa shape index (κ3) is 3.21.